The van der Waals surface area contributed by atoms with E-state index in [4.69, 9.17) is 5.11 Å². The Kier molecular flexibility index (Phi) is 3.46. The second-order valence-corrected chi connectivity index (χ2v) is 4.34. The number of hydrogen-bond donors (Lipinski definition) is 1. The second-order valence-electron chi connectivity index (χ2n) is 4.34. The van der Waals surface area contributed by atoms with Gasteiger partial charge in [0.15, 0.2) is 0 Å². The van der Waals surface area contributed by atoms with Gasteiger partial charge in [0.1, 0.15) is 5.69 Å². The first kappa shape index (κ1) is 13.0. The first-order chi connectivity index (χ1) is 9.00. The van der Waals surface area contributed by atoms with Gasteiger partial charge in [0, 0.05) is 18.9 Å². The Balaban J connectivity index is 2.43. The van der Waals surface area contributed by atoms with Crippen molar-refractivity contribution in [2.75, 3.05) is 0 Å². The van der Waals surface area contributed by atoms with Crippen molar-refractivity contribution in [2.24, 2.45) is 7.05 Å². The normalized spacial score (nSPS) is 10.4. The van der Waals surface area contributed by atoms with Gasteiger partial charge in [-0.1, -0.05) is 6.07 Å². The fourth-order valence-electron chi connectivity index (χ4n) is 2.10. The minimum absolute atomic E-state index is 0.104. The number of carboxylic acids is 1. The van der Waals surface area contributed by atoms with Crippen LogP contribution in [0.1, 0.15) is 27.4 Å². The molecule has 98 valence electrons. The van der Waals surface area contributed by atoms with Gasteiger partial charge in [0.25, 0.3) is 0 Å². The van der Waals surface area contributed by atoms with Crippen LogP contribution in [0.2, 0.25) is 0 Å². The highest BCUT2D eigenvalue weighted by atomic mass is 16.4. The lowest BCUT2D eigenvalue weighted by Crippen LogP contribution is -2.13. The zero-order valence-electron chi connectivity index (χ0n) is 10.8. The van der Waals surface area contributed by atoms with Crippen molar-refractivity contribution in [3.8, 4) is 0 Å². The summed E-state index contributed by atoms with van der Waals surface area (Å²) >= 11 is 0. The van der Waals surface area contributed by atoms with Gasteiger partial charge >= 0.3 is 5.97 Å². The fourth-order valence-corrected chi connectivity index (χ4v) is 2.10. The van der Waals surface area contributed by atoms with Crippen molar-refractivity contribution < 1.29 is 14.7 Å². The Morgan fingerprint density at radius 1 is 1.37 bits per heavy atom. The Bertz CT molecular complexity index is 630. The van der Waals surface area contributed by atoms with Gasteiger partial charge in [0.05, 0.1) is 12.1 Å². The van der Waals surface area contributed by atoms with E-state index in [-0.39, 0.29) is 12.2 Å². The molecular weight excluding hydrogens is 244 g/mol. The van der Waals surface area contributed by atoms with Gasteiger partial charge in [-0.25, -0.2) is 0 Å². The van der Waals surface area contributed by atoms with Crippen molar-refractivity contribution in [1.29, 1.82) is 0 Å². The Morgan fingerprint density at radius 3 is 2.68 bits per heavy atom. The summed E-state index contributed by atoms with van der Waals surface area (Å²) < 4.78 is 1.63. The smallest absolute Gasteiger partial charge is 0.309 e. The van der Waals surface area contributed by atoms with E-state index in [9.17, 15) is 9.59 Å². The number of rotatable bonds is 4. The van der Waals surface area contributed by atoms with Gasteiger partial charge in [-0.3, -0.25) is 14.6 Å². The number of carbonyl (C=O) groups excluding carboxylic acids is 1. The number of nitrogens with zero attached hydrogens (tertiary/aromatic N) is 2. The minimum atomic E-state index is -0.919. The van der Waals surface area contributed by atoms with Crippen LogP contribution in [0, 0.1) is 6.92 Å². The quantitative estimate of drug-likeness (QED) is 0.845. The number of ketones is 1. The number of carbonyl (C=O) groups is 2. The molecule has 19 heavy (non-hydrogen) atoms. The molecule has 0 atom stereocenters. The number of aryl methyl sites for hydroxylation is 1. The van der Waals surface area contributed by atoms with Crippen molar-refractivity contribution in [3.05, 3.63) is 53.1 Å². The maximum absolute atomic E-state index is 12.4. The van der Waals surface area contributed by atoms with E-state index in [0.29, 0.717) is 17.1 Å². The first-order valence-corrected chi connectivity index (χ1v) is 5.83. The maximum Gasteiger partial charge on any atom is 0.309 e. The lowest BCUT2D eigenvalue weighted by atomic mass is 10.1. The summed E-state index contributed by atoms with van der Waals surface area (Å²) in [5, 5.41) is 8.84. The zero-order valence-corrected chi connectivity index (χ0v) is 10.8. The van der Waals surface area contributed by atoms with Crippen LogP contribution in [0.15, 0.2) is 30.5 Å². The van der Waals surface area contributed by atoms with Gasteiger partial charge in [-0.15, -0.1) is 0 Å². The summed E-state index contributed by atoms with van der Waals surface area (Å²) in [5.74, 6) is -1.12. The standard InChI is InChI=1S/C14H14N2O3/c1-9-7-10(8-12(17)18)16(2)13(9)14(19)11-5-3-4-6-15-11/h3-7H,8H2,1-2H3,(H,17,18). The average molecular weight is 258 g/mol. The molecule has 5 nitrogen and oxygen atoms in total. The molecule has 0 saturated heterocycles. The van der Waals surface area contributed by atoms with Gasteiger partial charge < -0.3 is 9.67 Å². The molecule has 2 rings (SSSR count). The van der Waals surface area contributed by atoms with E-state index < -0.39 is 5.97 Å². The third kappa shape index (κ3) is 2.54. The van der Waals surface area contributed by atoms with E-state index in [1.165, 1.54) is 0 Å². The third-order valence-electron chi connectivity index (χ3n) is 2.97. The van der Waals surface area contributed by atoms with Crippen molar-refractivity contribution >= 4 is 11.8 Å². The minimum Gasteiger partial charge on any atom is -0.481 e. The Morgan fingerprint density at radius 2 is 2.11 bits per heavy atom. The molecule has 0 bridgehead atoms. The molecule has 0 spiro atoms. The van der Waals surface area contributed by atoms with Crippen LogP contribution in [-0.4, -0.2) is 26.4 Å². The predicted molar refractivity (Wildman–Crippen MR) is 69.2 cm³/mol. The van der Waals surface area contributed by atoms with Crippen LogP contribution < -0.4 is 0 Å². The molecule has 0 saturated carbocycles. The number of pyridine rings is 1. The molecule has 0 aliphatic rings. The second kappa shape index (κ2) is 5.06. The number of carboxylic acid groups (broad SMARTS) is 1. The highest BCUT2D eigenvalue weighted by Gasteiger charge is 2.19. The molecule has 0 unspecified atom stereocenters. The van der Waals surface area contributed by atoms with Crippen molar-refractivity contribution in [3.63, 3.8) is 0 Å². The number of aromatic nitrogens is 2. The summed E-state index contributed by atoms with van der Waals surface area (Å²) in [5.41, 5.74) is 2.20. The molecule has 0 radical (unpaired) electrons. The lowest BCUT2D eigenvalue weighted by molar-refractivity contribution is -0.136. The molecule has 0 aliphatic heterocycles. The highest BCUT2D eigenvalue weighted by molar-refractivity contribution is 6.07. The summed E-state index contributed by atoms with van der Waals surface area (Å²) in [7, 11) is 1.70. The lowest BCUT2D eigenvalue weighted by Gasteiger charge is -2.06. The maximum atomic E-state index is 12.4. The van der Waals surface area contributed by atoms with E-state index in [2.05, 4.69) is 4.98 Å². The van der Waals surface area contributed by atoms with Gasteiger partial charge in [-0.05, 0) is 30.7 Å². The van der Waals surface area contributed by atoms with E-state index in [0.717, 1.165) is 5.56 Å². The van der Waals surface area contributed by atoms with Crippen molar-refractivity contribution in [1.82, 2.24) is 9.55 Å². The van der Waals surface area contributed by atoms with Gasteiger partial charge in [-0.2, -0.15) is 0 Å². The summed E-state index contributed by atoms with van der Waals surface area (Å²) in [6.07, 6.45) is 1.45. The van der Waals surface area contributed by atoms with E-state index in [1.54, 1.807) is 49.0 Å². The fraction of sp³-hybridized carbons (Fsp3) is 0.214. The molecule has 1 N–H and O–H groups in total. The molecule has 5 heteroatoms. The highest BCUT2D eigenvalue weighted by Crippen LogP contribution is 2.17. The molecule has 0 amide bonds. The monoisotopic (exact) mass is 258 g/mol. The number of aliphatic carboxylic acids is 1. The van der Waals surface area contributed by atoms with Crippen molar-refractivity contribution in [2.45, 2.75) is 13.3 Å². The summed E-state index contributed by atoms with van der Waals surface area (Å²) in [6.45, 7) is 1.79. The zero-order chi connectivity index (χ0) is 14.0. The summed E-state index contributed by atoms with van der Waals surface area (Å²) in [4.78, 5) is 27.2. The molecule has 2 heterocycles. The van der Waals surface area contributed by atoms with Crippen LogP contribution in [0.3, 0.4) is 0 Å². The van der Waals surface area contributed by atoms with Crippen LogP contribution in [-0.2, 0) is 18.3 Å². The first-order valence-electron chi connectivity index (χ1n) is 5.83. The molecule has 0 aliphatic carbocycles. The van der Waals surface area contributed by atoms with Crippen LogP contribution in [0.25, 0.3) is 0 Å². The van der Waals surface area contributed by atoms with E-state index >= 15 is 0 Å². The van der Waals surface area contributed by atoms with Gasteiger partial charge in [0.2, 0.25) is 5.78 Å². The average Bonchev–Trinajstić information content (AvgIpc) is 2.64. The molecule has 0 aromatic carbocycles. The van der Waals surface area contributed by atoms with Crippen LogP contribution in [0.5, 0.6) is 0 Å². The Hall–Kier alpha value is -2.43. The van der Waals surface area contributed by atoms with E-state index in [1.807, 2.05) is 0 Å². The third-order valence-corrected chi connectivity index (χ3v) is 2.97. The number of hydrogen-bond acceptors (Lipinski definition) is 3. The molecule has 2 aromatic heterocycles. The topological polar surface area (TPSA) is 72.2 Å². The molecule has 0 fully saturated rings. The molecular formula is C14H14N2O3. The summed E-state index contributed by atoms with van der Waals surface area (Å²) in [6, 6.07) is 6.86. The SMILES string of the molecule is Cc1cc(CC(=O)O)n(C)c1C(=O)c1ccccn1. The molecule has 2 aromatic rings. The van der Waals surface area contributed by atoms with Crippen LogP contribution >= 0.6 is 0 Å². The Labute approximate surface area is 110 Å². The predicted octanol–water partition coefficient (Wildman–Crippen LogP) is 1.59. The van der Waals surface area contributed by atoms with Crippen LogP contribution in [0.4, 0.5) is 0 Å². The largest absolute Gasteiger partial charge is 0.481 e.